The van der Waals surface area contributed by atoms with Crippen LogP contribution in [0.25, 0.3) is 33.6 Å². The van der Waals surface area contributed by atoms with Gasteiger partial charge in [0.2, 0.25) is 5.71 Å². The van der Waals surface area contributed by atoms with Crippen molar-refractivity contribution in [3.8, 4) is 33.9 Å². The number of rotatable bonds is 8. The number of furan rings is 1. The van der Waals surface area contributed by atoms with Crippen LogP contribution in [0.4, 0.5) is 13.2 Å². The predicted molar refractivity (Wildman–Crippen MR) is 166 cm³/mol. The average Bonchev–Trinajstić information content (AvgIpc) is 3.37. The summed E-state index contributed by atoms with van der Waals surface area (Å²) in [6.07, 6.45) is -5.96. The number of alkyl halides is 3. The zero-order valence-electron chi connectivity index (χ0n) is 25.2. The van der Waals surface area contributed by atoms with Crippen molar-refractivity contribution < 1.29 is 31.9 Å². The molecule has 232 valence electrons. The average molecular weight is 616 g/mol. The van der Waals surface area contributed by atoms with E-state index < -0.39 is 30.5 Å². The fourth-order valence-corrected chi connectivity index (χ4v) is 4.85. The van der Waals surface area contributed by atoms with Crippen molar-refractivity contribution >= 4 is 22.9 Å². The number of nitrogens with one attached hydrogen (secondary N) is 2. The molecule has 0 spiro atoms. The van der Waals surface area contributed by atoms with Crippen LogP contribution in [0.3, 0.4) is 0 Å². The summed E-state index contributed by atoms with van der Waals surface area (Å²) in [4.78, 5) is 30.7. The maximum absolute atomic E-state index is 13.4. The second kappa shape index (κ2) is 12.5. The smallest absolute Gasteiger partial charge is 0.389 e. The molecule has 0 aliphatic carbocycles. The van der Waals surface area contributed by atoms with Gasteiger partial charge < -0.3 is 19.8 Å². The summed E-state index contributed by atoms with van der Waals surface area (Å²) >= 11 is 0. The van der Waals surface area contributed by atoms with E-state index in [0.29, 0.717) is 39.1 Å². The molecule has 0 aliphatic rings. The summed E-state index contributed by atoms with van der Waals surface area (Å²) in [6, 6.07) is 24.3. The number of fused-ring (bicyclic) bond motifs is 1. The van der Waals surface area contributed by atoms with Crippen molar-refractivity contribution in [1.82, 2.24) is 15.6 Å². The highest BCUT2D eigenvalue weighted by Crippen LogP contribution is 2.38. The Bertz CT molecular complexity index is 1840. The monoisotopic (exact) mass is 615 g/mol. The van der Waals surface area contributed by atoms with Gasteiger partial charge in [0, 0.05) is 35.7 Å². The quantitative estimate of drug-likeness (QED) is 0.183. The summed E-state index contributed by atoms with van der Waals surface area (Å²) in [7, 11) is 1.48. The van der Waals surface area contributed by atoms with Crippen LogP contribution in [0.2, 0.25) is 0 Å². The highest BCUT2D eigenvalue weighted by molar-refractivity contribution is 6.11. The van der Waals surface area contributed by atoms with Gasteiger partial charge in [-0.05, 0) is 87.4 Å². The van der Waals surface area contributed by atoms with E-state index in [4.69, 9.17) is 9.15 Å². The van der Waals surface area contributed by atoms with Crippen LogP contribution >= 0.6 is 0 Å². The largest absolute Gasteiger partial charge is 0.457 e. The molecular formula is C35H32F3N3O4. The number of carbonyl (C=O) groups excluding carboxylic acids is 2. The Morgan fingerprint density at radius 1 is 0.844 bits per heavy atom. The van der Waals surface area contributed by atoms with Crippen molar-refractivity contribution in [3.05, 3.63) is 102 Å². The van der Waals surface area contributed by atoms with E-state index >= 15 is 0 Å². The first-order valence-corrected chi connectivity index (χ1v) is 14.3. The molecule has 0 unspecified atom stereocenters. The molecule has 3 aromatic carbocycles. The number of hydrogen-bond acceptors (Lipinski definition) is 5. The van der Waals surface area contributed by atoms with Gasteiger partial charge in [-0.15, -0.1) is 0 Å². The molecule has 10 heteroatoms. The normalized spacial score (nSPS) is 11.8. The van der Waals surface area contributed by atoms with Gasteiger partial charge in [-0.3, -0.25) is 9.59 Å². The highest BCUT2D eigenvalue weighted by Gasteiger charge is 2.29. The molecule has 7 nitrogen and oxygen atoms in total. The number of ether oxygens (including phenoxy) is 1. The predicted octanol–water partition coefficient (Wildman–Crippen LogP) is 8.34. The Hall–Kier alpha value is -5.12. The molecule has 0 atom stereocenters. The molecule has 0 saturated carbocycles. The van der Waals surface area contributed by atoms with E-state index in [1.165, 1.54) is 7.05 Å². The maximum atomic E-state index is 13.4. The van der Waals surface area contributed by atoms with Crippen LogP contribution < -0.4 is 15.4 Å². The third-order valence-electron chi connectivity index (χ3n) is 6.88. The number of aryl methyl sites for hydroxylation is 1. The lowest BCUT2D eigenvalue weighted by atomic mass is 9.96. The minimum atomic E-state index is -4.42. The summed E-state index contributed by atoms with van der Waals surface area (Å²) in [5.74, 6) is 0.644. The first-order chi connectivity index (χ1) is 21.3. The lowest BCUT2D eigenvalue weighted by molar-refractivity contribution is -0.134. The number of benzene rings is 3. The lowest BCUT2D eigenvalue weighted by Gasteiger charge is -2.20. The third-order valence-corrected chi connectivity index (χ3v) is 6.88. The maximum Gasteiger partial charge on any atom is 0.389 e. The Labute approximate surface area is 258 Å². The molecule has 0 radical (unpaired) electrons. The van der Waals surface area contributed by atoms with Crippen LogP contribution in [0.15, 0.2) is 89.3 Å². The molecule has 5 aromatic rings. The van der Waals surface area contributed by atoms with Gasteiger partial charge in [0.25, 0.3) is 11.8 Å². The van der Waals surface area contributed by atoms with Gasteiger partial charge in [-0.2, -0.15) is 13.2 Å². The van der Waals surface area contributed by atoms with Crippen molar-refractivity contribution in [2.45, 2.75) is 45.3 Å². The van der Waals surface area contributed by atoms with E-state index in [0.717, 1.165) is 0 Å². The number of halogens is 3. The van der Waals surface area contributed by atoms with Crippen molar-refractivity contribution in [2.24, 2.45) is 0 Å². The topological polar surface area (TPSA) is 93.5 Å². The standard InChI is InChI=1S/C35H32F3N3O4/c1-34(2,3)41-31(42)23-10-8-9-22(19-23)26-20-27-29(32(43)39-4)30(45-33(27)40-28(26)17-18-35(36,37)38)21-13-15-25(16-14-21)44-24-11-6-5-7-12-24/h5-16,19-20H,17-18H2,1-4H3,(H,39,43)(H,41,42). The molecule has 2 aromatic heterocycles. The number of aromatic nitrogens is 1. The first kappa shape index (κ1) is 31.3. The summed E-state index contributed by atoms with van der Waals surface area (Å²) in [6.45, 7) is 5.55. The van der Waals surface area contributed by atoms with Gasteiger partial charge >= 0.3 is 6.18 Å². The molecule has 45 heavy (non-hydrogen) atoms. The Balaban J connectivity index is 1.62. The van der Waals surface area contributed by atoms with Gasteiger partial charge in [0.15, 0.2) is 0 Å². The Kier molecular flexibility index (Phi) is 8.68. The molecular weight excluding hydrogens is 583 g/mol. The first-order valence-electron chi connectivity index (χ1n) is 14.3. The van der Waals surface area contributed by atoms with Crippen LogP contribution in [-0.2, 0) is 6.42 Å². The summed E-state index contributed by atoms with van der Waals surface area (Å²) < 4.78 is 52.0. The minimum Gasteiger partial charge on any atom is -0.457 e. The molecule has 0 aliphatic heterocycles. The van der Waals surface area contributed by atoms with Crippen LogP contribution in [-0.4, -0.2) is 35.6 Å². The van der Waals surface area contributed by atoms with Gasteiger partial charge in [0.1, 0.15) is 17.3 Å². The van der Waals surface area contributed by atoms with Crippen LogP contribution in [0.5, 0.6) is 11.5 Å². The molecule has 2 N–H and O–H groups in total. The summed E-state index contributed by atoms with van der Waals surface area (Å²) in [5, 5.41) is 5.84. The molecule has 0 saturated heterocycles. The zero-order valence-corrected chi connectivity index (χ0v) is 25.2. The zero-order chi connectivity index (χ0) is 32.4. The van der Waals surface area contributed by atoms with E-state index in [1.807, 2.05) is 51.1 Å². The molecule has 0 fully saturated rings. The van der Waals surface area contributed by atoms with Crippen LogP contribution in [0.1, 0.15) is 53.6 Å². The van der Waals surface area contributed by atoms with E-state index in [9.17, 15) is 22.8 Å². The van der Waals surface area contributed by atoms with E-state index in [2.05, 4.69) is 15.6 Å². The van der Waals surface area contributed by atoms with Crippen molar-refractivity contribution in [1.29, 1.82) is 0 Å². The molecule has 5 rings (SSSR count). The highest BCUT2D eigenvalue weighted by atomic mass is 19.4. The molecule has 2 heterocycles. The SMILES string of the molecule is CNC(=O)c1c(-c2ccc(Oc3ccccc3)cc2)oc2nc(CCC(F)(F)F)c(-c3cccc(C(=O)NC(C)(C)C)c3)cc12. The number of para-hydroxylation sites is 1. The minimum absolute atomic E-state index is 0.0239. The number of carbonyl (C=O) groups is 2. The number of pyridine rings is 1. The number of hydrogen-bond donors (Lipinski definition) is 2. The fraction of sp³-hybridized carbons (Fsp3) is 0.229. The second-order valence-electron chi connectivity index (χ2n) is 11.6. The Morgan fingerprint density at radius 2 is 1.53 bits per heavy atom. The second-order valence-corrected chi connectivity index (χ2v) is 11.6. The number of amides is 2. The lowest BCUT2D eigenvalue weighted by Crippen LogP contribution is -2.40. The van der Waals surface area contributed by atoms with Gasteiger partial charge in [-0.25, -0.2) is 4.98 Å². The van der Waals surface area contributed by atoms with Gasteiger partial charge in [-0.1, -0.05) is 30.3 Å². The van der Waals surface area contributed by atoms with Crippen LogP contribution in [0, 0.1) is 0 Å². The number of nitrogens with zero attached hydrogens (tertiary/aromatic N) is 1. The fourth-order valence-electron chi connectivity index (χ4n) is 4.85. The summed E-state index contributed by atoms with van der Waals surface area (Å²) in [5.41, 5.74) is 1.57. The van der Waals surface area contributed by atoms with Gasteiger partial charge in [0.05, 0.1) is 16.6 Å². The molecule has 2 amide bonds. The Morgan fingerprint density at radius 3 is 2.18 bits per heavy atom. The van der Waals surface area contributed by atoms with Crippen molar-refractivity contribution in [3.63, 3.8) is 0 Å². The van der Waals surface area contributed by atoms with E-state index in [-0.39, 0.29) is 28.6 Å². The molecule has 0 bridgehead atoms. The third kappa shape index (κ3) is 7.52. The van der Waals surface area contributed by atoms with Crippen molar-refractivity contribution in [2.75, 3.05) is 7.05 Å². The van der Waals surface area contributed by atoms with E-state index in [1.54, 1.807) is 54.6 Å².